The Morgan fingerprint density at radius 3 is 2.24 bits per heavy atom. The zero-order valence-corrected chi connectivity index (χ0v) is 22.1. The monoisotopic (exact) mass is 511 g/mol. The molecule has 0 bridgehead atoms. The van der Waals surface area contributed by atoms with E-state index < -0.39 is 5.25 Å². The minimum atomic E-state index is -0.449. The molecule has 7 nitrogen and oxygen atoms in total. The first-order chi connectivity index (χ1) is 17.9. The summed E-state index contributed by atoms with van der Waals surface area (Å²) >= 11 is 1.32. The highest BCUT2D eigenvalue weighted by Gasteiger charge is 2.24. The van der Waals surface area contributed by atoms with Crippen LogP contribution in [-0.2, 0) is 4.79 Å². The van der Waals surface area contributed by atoms with E-state index in [0.717, 1.165) is 11.4 Å². The highest BCUT2D eigenvalue weighted by Crippen LogP contribution is 2.30. The maximum Gasteiger partial charge on any atom is 0.237 e. The molecule has 188 valence electrons. The Kier molecular flexibility index (Phi) is 8.26. The third kappa shape index (κ3) is 6.38. The predicted molar refractivity (Wildman–Crippen MR) is 146 cm³/mol. The van der Waals surface area contributed by atoms with Crippen molar-refractivity contribution in [1.29, 1.82) is 5.26 Å². The number of benzene rings is 3. The van der Waals surface area contributed by atoms with Crippen LogP contribution in [0.4, 0.5) is 5.69 Å². The summed E-state index contributed by atoms with van der Waals surface area (Å²) in [6.45, 7) is 8.08. The molecule has 0 aliphatic heterocycles. The Labute approximate surface area is 221 Å². The fourth-order valence-corrected chi connectivity index (χ4v) is 4.59. The van der Waals surface area contributed by atoms with Crippen LogP contribution in [0.2, 0.25) is 0 Å². The molecule has 2 atom stereocenters. The van der Waals surface area contributed by atoms with Gasteiger partial charge in [0.1, 0.15) is 5.75 Å². The quantitative estimate of drug-likeness (QED) is 0.257. The molecule has 1 amide bonds. The fourth-order valence-electron chi connectivity index (χ4n) is 3.71. The van der Waals surface area contributed by atoms with Crippen molar-refractivity contribution in [1.82, 2.24) is 14.8 Å². The average molecular weight is 512 g/mol. The lowest BCUT2D eigenvalue weighted by atomic mass is 10.0. The van der Waals surface area contributed by atoms with E-state index in [2.05, 4.69) is 47.6 Å². The number of anilines is 1. The predicted octanol–water partition coefficient (Wildman–Crippen LogP) is 6.52. The van der Waals surface area contributed by atoms with Gasteiger partial charge in [0.2, 0.25) is 5.91 Å². The first-order valence-corrected chi connectivity index (χ1v) is 13.0. The molecule has 0 aliphatic carbocycles. The number of rotatable bonds is 9. The van der Waals surface area contributed by atoms with Gasteiger partial charge >= 0.3 is 0 Å². The van der Waals surface area contributed by atoms with Crippen LogP contribution < -0.4 is 10.1 Å². The molecule has 37 heavy (non-hydrogen) atoms. The topological polar surface area (TPSA) is 92.8 Å². The van der Waals surface area contributed by atoms with E-state index in [9.17, 15) is 4.79 Å². The van der Waals surface area contributed by atoms with Crippen molar-refractivity contribution < 1.29 is 9.53 Å². The molecule has 0 saturated carbocycles. The molecule has 1 aromatic heterocycles. The SMILES string of the molecule is CC(Sc1nnc(C(C)Oc2ccc(C(C)C)cc2)n1-c1ccccc1)C(=O)Nc1ccc(C#N)cc1. The zero-order valence-electron chi connectivity index (χ0n) is 21.3. The van der Waals surface area contributed by atoms with Crippen molar-refractivity contribution in [2.75, 3.05) is 5.32 Å². The third-order valence-corrected chi connectivity index (χ3v) is 6.87. The van der Waals surface area contributed by atoms with Crippen molar-refractivity contribution in [2.24, 2.45) is 0 Å². The standard InChI is InChI=1S/C29H29N5O2S/c1-19(2)23-12-16-26(17-13-23)36-20(3)27-32-33-29(34(27)25-8-6-5-7-9-25)37-21(4)28(35)31-24-14-10-22(18-30)11-15-24/h5-17,19-21H,1-4H3,(H,31,35). The summed E-state index contributed by atoms with van der Waals surface area (Å²) in [5.41, 5.74) is 3.30. The lowest BCUT2D eigenvalue weighted by Crippen LogP contribution is -2.23. The summed E-state index contributed by atoms with van der Waals surface area (Å²) in [4.78, 5) is 12.9. The van der Waals surface area contributed by atoms with Gasteiger partial charge in [-0.3, -0.25) is 9.36 Å². The van der Waals surface area contributed by atoms with Gasteiger partial charge in [-0.2, -0.15) is 5.26 Å². The maximum atomic E-state index is 12.9. The molecule has 0 fully saturated rings. The third-order valence-electron chi connectivity index (χ3n) is 5.83. The van der Waals surface area contributed by atoms with Gasteiger partial charge in [0.15, 0.2) is 17.1 Å². The second kappa shape index (κ2) is 11.8. The molecule has 4 aromatic rings. The van der Waals surface area contributed by atoms with Gasteiger partial charge in [-0.25, -0.2) is 0 Å². The minimum Gasteiger partial charge on any atom is -0.483 e. The van der Waals surface area contributed by atoms with E-state index in [1.165, 1.54) is 17.3 Å². The first-order valence-electron chi connectivity index (χ1n) is 12.1. The van der Waals surface area contributed by atoms with E-state index >= 15 is 0 Å². The Morgan fingerprint density at radius 2 is 1.62 bits per heavy atom. The van der Waals surface area contributed by atoms with Crippen molar-refractivity contribution in [3.63, 3.8) is 0 Å². The van der Waals surface area contributed by atoms with Crippen LogP contribution >= 0.6 is 11.8 Å². The lowest BCUT2D eigenvalue weighted by molar-refractivity contribution is -0.115. The van der Waals surface area contributed by atoms with E-state index in [1.807, 2.05) is 60.9 Å². The average Bonchev–Trinajstić information content (AvgIpc) is 3.33. The van der Waals surface area contributed by atoms with E-state index in [4.69, 9.17) is 10.00 Å². The smallest absolute Gasteiger partial charge is 0.237 e. The number of amides is 1. The van der Waals surface area contributed by atoms with Crippen LogP contribution in [0.15, 0.2) is 84.0 Å². The summed E-state index contributed by atoms with van der Waals surface area (Å²) in [6.07, 6.45) is -0.380. The maximum absolute atomic E-state index is 12.9. The molecule has 0 saturated heterocycles. The Balaban J connectivity index is 1.55. The van der Waals surface area contributed by atoms with Gasteiger partial charge in [-0.15, -0.1) is 10.2 Å². The molecular formula is C29H29N5O2S. The van der Waals surface area contributed by atoms with E-state index in [0.29, 0.717) is 28.1 Å². The molecule has 0 spiro atoms. The molecule has 2 unspecified atom stereocenters. The number of carbonyl (C=O) groups is 1. The summed E-state index contributed by atoms with van der Waals surface area (Å²) < 4.78 is 8.16. The molecule has 0 radical (unpaired) electrons. The van der Waals surface area contributed by atoms with Gasteiger partial charge in [-0.05, 0) is 73.9 Å². The largest absolute Gasteiger partial charge is 0.483 e. The number of ether oxygens (including phenoxy) is 1. The van der Waals surface area contributed by atoms with Crippen LogP contribution in [0.5, 0.6) is 5.75 Å². The number of nitrogens with one attached hydrogen (secondary N) is 1. The highest BCUT2D eigenvalue weighted by molar-refractivity contribution is 8.00. The Hall–Kier alpha value is -4.09. The van der Waals surface area contributed by atoms with Gasteiger partial charge < -0.3 is 10.1 Å². The highest BCUT2D eigenvalue weighted by atomic mass is 32.2. The number of thioether (sulfide) groups is 1. The van der Waals surface area contributed by atoms with Gasteiger partial charge in [0, 0.05) is 11.4 Å². The Bertz CT molecular complexity index is 1380. The van der Waals surface area contributed by atoms with Crippen molar-refractivity contribution >= 4 is 23.4 Å². The van der Waals surface area contributed by atoms with Gasteiger partial charge in [0.25, 0.3) is 0 Å². The molecule has 0 aliphatic rings. The molecule has 1 N–H and O–H groups in total. The zero-order chi connectivity index (χ0) is 26.4. The first kappa shape index (κ1) is 26.0. The van der Waals surface area contributed by atoms with E-state index in [1.54, 1.807) is 24.3 Å². The summed E-state index contributed by atoms with van der Waals surface area (Å²) in [5.74, 6) is 1.67. The van der Waals surface area contributed by atoms with Gasteiger partial charge in [0.05, 0.1) is 16.9 Å². The van der Waals surface area contributed by atoms with Crippen LogP contribution in [0.25, 0.3) is 5.69 Å². The number of nitrogens with zero attached hydrogens (tertiary/aromatic N) is 4. The summed E-state index contributed by atoms with van der Waals surface area (Å²) in [7, 11) is 0. The van der Waals surface area contributed by atoms with Crippen molar-refractivity contribution in [3.8, 4) is 17.5 Å². The number of para-hydroxylation sites is 1. The number of nitriles is 1. The summed E-state index contributed by atoms with van der Waals surface area (Å²) in [5, 5.41) is 20.9. The minimum absolute atomic E-state index is 0.173. The summed E-state index contributed by atoms with van der Waals surface area (Å²) in [6, 6.07) is 26.7. The molecule has 8 heteroatoms. The van der Waals surface area contributed by atoms with Crippen LogP contribution in [0.3, 0.4) is 0 Å². The van der Waals surface area contributed by atoms with Crippen molar-refractivity contribution in [3.05, 3.63) is 95.8 Å². The number of hydrogen-bond donors (Lipinski definition) is 1. The molecule has 1 heterocycles. The van der Waals surface area contributed by atoms with Crippen LogP contribution in [0.1, 0.15) is 56.7 Å². The molecule has 3 aromatic carbocycles. The normalized spacial score (nSPS) is 12.5. The van der Waals surface area contributed by atoms with Crippen molar-refractivity contribution in [2.45, 2.75) is 50.1 Å². The number of aromatic nitrogens is 3. The number of hydrogen-bond acceptors (Lipinski definition) is 6. The Morgan fingerprint density at radius 1 is 0.946 bits per heavy atom. The van der Waals surface area contributed by atoms with Gasteiger partial charge in [-0.1, -0.05) is 55.9 Å². The second-order valence-electron chi connectivity index (χ2n) is 8.93. The molecule has 4 rings (SSSR count). The van der Waals surface area contributed by atoms with Crippen LogP contribution in [0, 0.1) is 11.3 Å². The second-order valence-corrected chi connectivity index (χ2v) is 10.2. The van der Waals surface area contributed by atoms with Crippen LogP contribution in [-0.4, -0.2) is 25.9 Å². The molecular weight excluding hydrogens is 482 g/mol. The van der Waals surface area contributed by atoms with E-state index in [-0.39, 0.29) is 12.0 Å². The lowest BCUT2D eigenvalue weighted by Gasteiger charge is -2.18. The fraction of sp³-hybridized carbons (Fsp3) is 0.241. The number of carbonyl (C=O) groups excluding carboxylic acids is 1.